The van der Waals surface area contributed by atoms with Gasteiger partial charge in [-0.1, -0.05) is 30.9 Å². The van der Waals surface area contributed by atoms with Crippen LogP contribution in [-0.2, 0) is 0 Å². The lowest BCUT2D eigenvalue weighted by molar-refractivity contribution is 0.515. The van der Waals surface area contributed by atoms with Crippen molar-refractivity contribution < 1.29 is 0 Å². The fourth-order valence-corrected chi connectivity index (χ4v) is 3.33. The van der Waals surface area contributed by atoms with E-state index in [0.717, 1.165) is 15.8 Å². The van der Waals surface area contributed by atoms with Crippen LogP contribution in [0.5, 0.6) is 0 Å². The molecule has 0 radical (unpaired) electrons. The predicted octanol–water partition coefficient (Wildman–Crippen LogP) is 3.86. The van der Waals surface area contributed by atoms with Crippen LogP contribution in [0.3, 0.4) is 0 Å². The molecular weight excluding hydrogens is 228 g/mol. The molecule has 1 aromatic rings. The molecule has 0 unspecified atom stereocenters. The summed E-state index contributed by atoms with van der Waals surface area (Å²) in [6, 6.07) is 0. The summed E-state index contributed by atoms with van der Waals surface area (Å²) in [6.45, 7) is 1.99. The molecule has 0 aliphatic heterocycles. The summed E-state index contributed by atoms with van der Waals surface area (Å²) in [5.41, 5.74) is 1.02. The number of halogens is 1. The molecule has 15 heavy (non-hydrogen) atoms. The second-order valence-electron chi connectivity index (χ2n) is 3.97. The van der Waals surface area contributed by atoms with Crippen molar-refractivity contribution in [3.05, 3.63) is 17.0 Å². The van der Waals surface area contributed by atoms with Crippen LogP contribution in [0.15, 0.2) is 11.4 Å². The van der Waals surface area contributed by atoms with Gasteiger partial charge in [0.2, 0.25) is 0 Å². The number of nitrogens with zero attached hydrogens (tertiary/aromatic N) is 2. The summed E-state index contributed by atoms with van der Waals surface area (Å²) in [4.78, 5) is 8.27. The predicted molar refractivity (Wildman–Crippen MR) is 64.5 cm³/mol. The Bertz CT molecular complexity index is 337. The molecule has 82 valence electrons. The van der Waals surface area contributed by atoms with Crippen LogP contribution in [0.1, 0.15) is 37.7 Å². The Morgan fingerprint density at radius 3 is 2.73 bits per heavy atom. The first-order valence-corrected chi connectivity index (χ1v) is 6.67. The fourth-order valence-electron chi connectivity index (χ4n) is 1.87. The number of hydrogen-bond donors (Lipinski definition) is 0. The minimum Gasteiger partial charge on any atom is -0.230 e. The average molecular weight is 243 g/mol. The molecule has 1 saturated carbocycles. The quantitative estimate of drug-likeness (QED) is 0.737. The zero-order chi connectivity index (χ0) is 10.7. The Morgan fingerprint density at radius 1 is 1.27 bits per heavy atom. The molecule has 0 aromatic carbocycles. The van der Waals surface area contributed by atoms with Crippen molar-refractivity contribution in [2.45, 2.75) is 49.3 Å². The van der Waals surface area contributed by atoms with Crippen molar-refractivity contribution in [1.82, 2.24) is 9.97 Å². The van der Waals surface area contributed by atoms with E-state index in [2.05, 4.69) is 9.97 Å². The Hall–Kier alpha value is -0.280. The van der Waals surface area contributed by atoms with Gasteiger partial charge in [0.1, 0.15) is 16.5 Å². The molecule has 2 rings (SSSR count). The summed E-state index contributed by atoms with van der Waals surface area (Å²) >= 11 is 7.84. The topological polar surface area (TPSA) is 25.8 Å². The van der Waals surface area contributed by atoms with Crippen molar-refractivity contribution in [2.24, 2.45) is 0 Å². The van der Waals surface area contributed by atoms with Crippen molar-refractivity contribution in [2.75, 3.05) is 0 Å². The van der Waals surface area contributed by atoms with E-state index in [1.807, 2.05) is 18.7 Å². The lowest BCUT2D eigenvalue weighted by atomic mass is 10.0. The van der Waals surface area contributed by atoms with Crippen LogP contribution in [0, 0.1) is 6.92 Å². The van der Waals surface area contributed by atoms with Crippen molar-refractivity contribution in [3.63, 3.8) is 0 Å². The van der Waals surface area contributed by atoms with E-state index in [0.29, 0.717) is 5.15 Å². The number of hydrogen-bond acceptors (Lipinski definition) is 3. The summed E-state index contributed by atoms with van der Waals surface area (Å²) in [5.74, 6) is 0. The van der Waals surface area contributed by atoms with E-state index in [4.69, 9.17) is 11.6 Å². The SMILES string of the molecule is Cc1c(Cl)ncnc1SC1CCCCC1. The van der Waals surface area contributed by atoms with Gasteiger partial charge in [-0.25, -0.2) is 9.97 Å². The van der Waals surface area contributed by atoms with E-state index >= 15 is 0 Å². The molecule has 0 saturated heterocycles. The highest BCUT2D eigenvalue weighted by atomic mass is 35.5. The monoisotopic (exact) mass is 242 g/mol. The maximum atomic E-state index is 5.97. The van der Waals surface area contributed by atoms with Crippen LogP contribution in [-0.4, -0.2) is 15.2 Å². The summed E-state index contributed by atoms with van der Waals surface area (Å²) in [7, 11) is 0. The molecular formula is C11H15ClN2S. The molecule has 4 heteroatoms. The molecule has 0 atom stereocenters. The first kappa shape index (κ1) is 11.2. The van der Waals surface area contributed by atoms with Crippen molar-refractivity contribution in [1.29, 1.82) is 0 Å². The Labute approximate surface area is 99.8 Å². The lowest BCUT2D eigenvalue weighted by Crippen LogP contribution is -2.08. The Kier molecular flexibility index (Phi) is 3.87. The highest BCUT2D eigenvalue weighted by molar-refractivity contribution is 7.99. The highest BCUT2D eigenvalue weighted by Crippen LogP contribution is 2.34. The first-order chi connectivity index (χ1) is 7.27. The van der Waals surface area contributed by atoms with Gasteiger partial charge in [-0.3, -0.25) is 0 Å². The average Bonchev–Trinajstić information content (AvgIpc) is 2.26. The zero-order valence-corrected chi connectivity index (χ0v) is 10.4. The van der Waals surface area contributed by atoms with Gasteiger partial charge in [0.25, 0.3) is 0 Å². The third kappa shape index (κ3) is 2.85. The van der Waals surface area contributed by atoms with E-state index < -0.39 is 0 Å². The molecule has 1 aliphatic carbocycles. The van der Waals surface area contributed by atoms with Gasteiger partial charge in [-0.15, -0.1) is 11.8 Å². The normalized spacial score (nSPS) is 18.0. The van der Waals surface area contributed by atoms with Crippen molar-refractivity contribution in [3.8, 4) is 0 Å². The lowest BCUT2D eigenvalue weighted by Gasteiger charge is -2.21. The van der Waals surface area contributed by atoms with E-state index in [-0.39, 0.29) is 0 Å². The smallest absolute Gasteiger partial charge is 0.136 e. The molecule has 1 fully saturated rings. The Morgan fingerprint density at radius 2 is 2.00 bits per heavy atom. The van der Waals surface area contributed by atoms with Gasteiger partial charge < -0.3 is 0 Å². The second-order valence-corrected chi connectivity index (χ2v) is 5.62. The highest BCUT2D eigenvalue weighted by Gasteiger charge is 2.17. The molecule has 2 nitrogen and oxygen atoms in total. The van der Waals surface area contributed by atoms with Crippen LogP contribution in [0.25, 0.3) is 0 Å². The third-order valence-corrected chi connectivity index (χ3v) is 4.63. The maximum Gasteiger partial charge on any atom is 0.136 e. The maximum absolute atomic E-state index is 5.97. The minimum absolute atomic E-state index is 0.586. The molecule has 0 spiro atoms. The standard InChI is InChI=1S/C11H15ClN2S/c1-8-10(12)13-7-14-11(8)15-9-5-3-2-4-6-9/h7,9H,2-6H2,1H3. The summed E-state index contributed by atoms with van der Waals surface area (Å²) in [5, 5.41) is 2.37. The van der Waals surface area contributed by atoms with Gasteiger partial charge in [0.15, 0.2) is 0 Å². The number of thioether (sulfide) groups is 1. The van der Waals surface area contributed by atoms with Crippen LogP contribution >= 0.6 is 23.4 Å². The molecule has 1 heterocycles. The van der Waals surface area contributed by atoms with Gasteiger partial charge in [0.05, 0.1) is 0 Å². The second kappa shape index (κ2) is 5.17. The van der Waals surface area contributed by atoms with Crippen molar-refractivity contribution >= 4 is 23.4 Å². The van der Waals surface area contributed by atoms with E-state index in [1.54, 1.807) is 6.33 Å². The first-order valence-electron chi connectivity index (χ1n) is 5.41. The number of rotatable bonds is 2. The summed E-state index contributed by atoms with van der Waals surface area (Å²) < 4.78 is 0. The van der Waals surface area contributed by atoms with Gasteiger partial charge in [-0.2, -0.15) is 0 Å². The molecule has 0 bridgehead atoms. The van der Waals surface area contributed by atoms with Gasteiger partial charge in [0, 0.05) is 10.8 Å². The van der Waals surface area contributed by atoms with Gasteiger partial charge in [-0.05, 0) is 19.8 Å². The van der Waals surface area contributed by atoms with E-state index in [1.165, 1.54) is 32.1 Å². The van der Waals surface area contributed by atoms with Gasteiger partial charge >= 0.3 is 0 Å². The molecule has 1 aliphatic rings. The summed E-state index contributed by atoms with van der Waals surface area (Å²) in [6.07, 6.45) is 8.28. The molecule has 0 amide bonds. The third-order valence-electron chi connectivity index (χ3n) is 2.81. The Balaban J connectivity index is 2.06. The zero-order valence-electron chi connectivity index (χ0n) is 8.87. The fraction of sp³-hybridized carbons (Fsp3) is 0.636. The molecule has 0 N–H and O–H groups in total. The van der Waals surface area contributed by atoms with Crippen LogP contribution in [0.4, 0.5) is 0 Å². The van der Waals surface area contributed by atoms with E-state index in [9.17, 15) is 0 Å². The largest absolute Gasteiger partial charge is 0.230 e. The molecule has 1 aromatic heterocycles. The number of aromatic nitrogens is 2. The van der Waals surface area contributed by atoms with Crippen LogP contribution in [0.2, 0.25) is 5.15 Å². The van der Waals surface area contributed by atoms with Crippen LogP contribution < -0.4 is 0 Å². The minimum atomic E-state index is 0.586.